The number of rotatable bonds is 3. The lowest BCUT2D eigenvalue weighted by Gasteiger charge is -2.39. The van der Waals surface area contributed by atoms with Gasteiger partial charge < -0.3 is 14.5 Å². The highest BCUT2D eigenvalue weighted by atomic mass is 16.5. The van der Waals surface area contributed by atoms with Crippen molar-refractivity contribution in [3.8, 4) is 5.75 Å². The average Bonchev–Trinajstić information content (AvgIpc) is 2.86. The normalized spacial score (nSPS) is 19.2. The number of benzene rings is 2. The van der Waals surface area contributed by atoms with Crippen molar-refractivity contribution in [3.05, 3.63) is 59.2 Å². The van der Waals surface area contributed by atoms with E-state index >= 15 is 0 Å². The predicted molar refractivity (Wildman–Crippen MR) is 129 cm³/mol. The van der Waals surface area contributed by atoms with Gasteiger partial charge in [-0.3, -0.25) is 19.3 Å². The number of anilines is 1. The summed E-state index contributed by atoms with van der Waals surface area (Å²) in [6, 6.07) is 13.4. The molecule has 1 saturated heterocycles. The molecule has 0 saturated carbocycles. The van der Waals surface area contributed by atoms with Crippen molar-refractivity contribution < 1.29 is 19.1 Å². The Labute approximate surface area is 200 Å². The van der Waals surface area contributed by atoms with Gasteiger partial charge in [0, 0.05) is 31.7 Å². The summed E-state index contributed by atoms with van der Waals surface area (Å²) in [4.78, 5) is 44.9. The Kier molecular flexibility index (Phi) is 5.80. The van der Waals surface area contributed by atoms with Gasteiger partial charge in [0.25, 0.3) is 11.8 Å². The Bertz CT molecular complexity index is 1140. The van der Waals surface area contributed by atoms with E-state index in [1.807, 2.05) is 21.9 Å². The first-order valence-electron chi connectivity index (χ1n) is 12.1. The number of carbonyl (C=O) groups excluding carboxylic acids is 3. The van der Waals surface area contributed by atoms with Gasteiger partial charge in [-0.15, -0.1) is 0 Å². The highest BCUT2D eigenvalue weighted by Crippen LogP contribution is 2.39. The molecule has 5 rings (SSSR count). The monoisotopic (exact) mass is 461 g/mol. The van der Waals surface area contributed by atoms with E-state index in [1.54, 1.807) is 32.0 Å². The molecule has 7 heteroatoms. The molecule has 3 heterocycles. The van der Waals surface area contributed by atoms with Gasteiger partial charge in [-0.1, -0.05) is 24.3 Å². The van der Waals surface area contributed by atoms with Crippen molar-refractivity contribution >= 4 is 23.4 Å². The van der Waals surface area contributed by atoms with Gasteiger partial charge in [0.1, 0.15) is 12.3 Å². The third-order valence-corrected chi connectivity index (χ3v) is 7.04. The van der Waals surface area contributed by atoms with E-state index < -0.39 is 5.60 Å². The maximum atomic E-state index is 13.4. The summed E-state index contributed by atoms with van der Waals surface area (Å²) in [7, 11) is 0. The smallest absolute Gasteiger partial charge is 0.271 e. The number of hydrogen-bond donors (Lipinski definition) is 0. The molecule has 0 aromatic heterocycles. The second-order valence-corrected chi connectivity index (χ2v) is 9.87. The van der Waals surface area contributed by atoms with Crippen LogP contribution in [0.1, 0.15) is 54.6 Å². The Hall–Kier alpha value is -3.35. The lowest BCUT2D eigenvalue weighted by Crippen LogP contribution is -2.55. The zero-order chi connectivity index (χ0) is 23.9. The minimum atomic E-state index is -1.09. The number of carbonyl (C=O) groups is 3. The molecule has 0 radical (unpaired) electrons. The molecule has 3 aliphatic rings. The van der Waals surface area contributed by atoms with Gasteiger partial charge in [-0.25, -0.2) is 0 Å². The topological polar surface area (TPSA) is 70.2 Å². The fourth-order valence-electron chi connectivity index (χ4n) is 5.09. The van der Waals surface area contributed by atoms with E-state index in [-0.39, 0.29) is 24.3 Å². The van der Waals surface area contributed by atoms with Gasteiger partial charge in [-0.2, -0.15) is 0 Å². The molecular formula is C27H31N3O4. The molecule has 1 fully saturated rings. The number of nitrogens with zero attached hydrogens (tertiary/aromatic N) is 3. The van der Waals surface area contributed by atoms with Crippen molar-refractivity contribution in [2.75, 3.05) is 31.1 Å². The van der Waals surface area contributed by atoms with Crippen LogP contribution < -0.4 is 9.64 Å². The van der Waals surface area contributed by atoms with E-state index in [1.165, 1.54) is 10.5 Å². The van der Waals surface area contributed by atoms with Crippen LogP contribution in [-0.2, 0) is 22.6 Å². The molecule has 2 aromatic carbocycles. The SMILES string of the molecule is CC1(C)Oc2ccc(C(=O)N3CCc4ccccc4C3)cc2N(CC(=O)N2CCCCC2)C1=O. The van der Waals surface area contributed by atoms with Crippen molar-refractivity contribution in [2.45, 2.75) is 51.7 Å². The lowest BCUT2D eigenvalue weighted by atomic mass is 9.98. The quantitative estimate of drug-likeness (QED) is 0.703. The van der Waals surface area contributed by atoms with Crippen LogP contribution in [0.3, 0.4) is 0 Å². The first kappa shape index (κ1) is 22.4. The molecule has 0 N–H and O–H groups in total. The standard InChI is InChI=1S/C27H31N3O4/c1-27(2)26(33)30(18-24(31)28-13-6-3-7-14-28)22-16-20(10-11-23(22)34-27)25(32)29-15-12-19-8-4-5-9-21(19)17-29/h4-5,8-11,16H,3,6-7,12-15,17-18H2,1-2H3. The molecule has 7 nitrogen and oxygen atoms in total. The average molecular weight is 462 g/mol. The molecule has 0 bridgehead atoms. The number of ether oxygens (including phenoxy) is 1. The summed E-state index contributed by atoms with van der Waals surface area (Å²) in [6.45, 7) is 6.03. The molecule has 2 aromatic rings. The number of piperidine rings is 1. The Balaban J connectivity index is 1.42. The van der Waals surface area contributed by atoms with Crippen LogP contribution in [0, 0.1) is 0 Å². The molecular weight excluding hydrogens is 430 g/mol. The maximum absolute atomic E-state index is 13.4. The second-order valence-electron chi connectivity index (χ2n) is 9.87. The van der Waals surface area contributed by atoms with E-state index in [4.69, 9.17) is 4.74 Å². The molecule has 0 aliphatic carbocycles. The molecule has 178 valence electrons. The summed E-state index contributed by atoms with van der Waals surface area (Å²) in [5.74, 6) is 0.0800. The Morgan fingerprint density at radius 3 is 2.44 bits per heavy atom. The summed E-state index contributed by atoms with van der Waals surface area (Å²) in [5.41, 5.74) is 2.33. The predicted octanol–water partition coefficient (Wildman–Crippen LogP) is 3.40. The molecule has 0 spiro atoms. The number of fused-ring (bicyclic) bond motifs is 2. The zero-order valence-electron chi connectivity index (χ0n) is 19.9. The third kappa shape index (κ3) is 4.15. The fraction of sp³-hybridized carbons (Fsp3) is 0.444. The number of likely N-dealkylation sites (tertiary alicyclic amines) is 1. The van der Waals surface area contributed by atoms with Crippen LogP contribution in [-0.4, -0.2) is 59.3 Å². The van der Waals surface area contributed by atoms with Crippen LogP contribution in [0.2, 0.25) is 0 Å². The Morgan fingerprint density at radius 1 is 0.941 bits per heavy atom. The zero-order valence-corrected chi connectivity index (χ0v) is 19.9. The largest absolute Gasteiger partial charge is 0.476 e. The summed E-state index contributed by atoms with van der Waals surface area (Å²) >= 11 is 0. The van der Waals surface area contributed by atoms with Gasteiger partial charge in [0.05, 0.1) is 5.69 Å². The van der Waals surface area contributed by atoms with Crippen molar-refractivity contribution in [2.24, 2.45) is 0 Å². The minimum absolute atomic E-state index is 0.0483. The maximum Gasteiger partial charge on any atom is 0.271 e. The second kappa shape index (κ2) is 8.78. The summed E-state index contributed by atoms with van der Waals surface area (Å²) in [5, 5.41) is 0. The molecule has 3 aliphatic heterocycles. The molecule has 0 unspecified atom stereocenters. The van der Waals surface area contributed by atoms with Crippen molar-refractivity contribution in [1.82, 2.24) is 9.80 Å². The molecule has 34 heavy (non-hydrogen) atoms. The van der Waals surface area contributed by atoms with Crippen molar-refractivity contribution in [3.63, 3.8) is 0 Å². The lowest BCUT2D eigenvalue weighted by molar-refractivity contribution is -0.137. The van der Waals surface area contributed by atoms with E-state index in [9.17, 15) is 14.4 Å². The Morgan fingerprint density at radius 2 is 1.68 bits per heavy atom. The minimum Gasteiger partial charge on any atom is -0.476 e. The first-order valence-corrected chi connectivity index (χ1v) is 12.1. The van der Waals surface area contributed by atoms with Crippen LogP contribution in [0.25, 0.3) is 0 Å². The van der Waals surface area contributed by atoms with Crippen molar-refractivity contribution in [1.29, 1.82) is 0 Å². The van der Waals surface area contributed by atoms with Crippen LogP contribution in [0.15, 0.2) is 42.5 Å². The molecule has 3 amide bonds. The van der Waals surface area contributed by atoms with Crippen LogP contribution >= 0.6 is 0 Å². The van der Waals surface area contributed by atoms with Gasteiger partial charge in [0.2, 0.25) is 5.91 Å². The van der Waals surface area contributed by atoms with Crippen LogP contribution in [0.4, 0.5) is 5.69 Å². The van der Waals surface area contributed by atoms with E-state index in [0.717, 1.165) is 44.3 Å². The number of amides is 3. The highest BCUT2D eigenvalue weighted by molar-refractivity contribution is 6.07. The van der Waals surface area contributed by atoms with Crippen LogP contribution in [0.5, 0.6) is 5.75 Å². The van der Waals surface area contributed by atoms with E-state index in [0.29, 0.717) is 30.1 Å². The summed E-state index contributed by atoms with van der Waals surface area (Å²) in [6.07, 6.45) is 3.92. The number of hydrogen-bond acceptors (Lipinski definition) is 4. The third-order valence-electron chi connectivity index (χ3n) is 7.04. The van der Waals surface area contributed by atoms with Gasteiger partial charge >= 0.3 is 0 Å². The van der Waals surface area contributed by atoms with Gasteiger partial charge in [0.15, 0.2) is 5.60 Å². The summed E-state index contributed by atoms with van der Waals surface area (Å²) < 4.78 is 5.97. The highest BCUT2D eigenvalue weighted by Gasteiger charge is 2.42. The van der Waals surface area contributed by atoms with Gasteiger partial charge in [-0.05, 0) is 68.9 Å². The van der Waals surface area contributed by atoms with E-state index in [2.05, 4.69) is 12.1 Å². The fourth-order valence-corrected chi connectivity index (χ4v) is 5.09. The first-order chi connectivity index (χ1) is 16.3. The molecule has 0 atom stereocenters.